The van der Waals surface area contributed by atoms with Gasteiger partial charge >= 0.3 is 5.97 Å². The molecular formula is C22H23NO5. The summed E-state index contributed by atoms with van der Waals surface area (Å²) < 4.78 is 10.2. The monoisotopic (exact) mass is 381 g/mol. The summed E-state index contributed by atoms with van der Waals surface area (Å²) >= 11 is 0. The number of esters is 1. The van der Waals surface area contributed by atoms with Crippen molar-refractivity contribution in [1.29, 1.82) is 0 Å². The van der Waals surface area contributed by atoms with Crippen molar-refractivity contribution in [3.63, 3.8) is 0 Å². The van der Waals surface area contributed by atoms with Gasteiger partial charge in [-0.3, -0.25) is 14.4 Å². The lowest BCUT2D eigenvalue weighted by Crippen LogP contribution is -2.27. The van der Waals surface area contributed by atoms with Gasteiger partial charge < -0.3 is 14.4 Å². The largest absolute Gasteiger partial charge is 0.497 e. The van der Waals surface area contributed by atoms with Crippen molar-refractivity contribution in [1.82, 2.24) is 0 Å². The van der Waals surface area contributed by atoms with Gasteiger partial charge in [-0.15, -0.1) is 0 Å². The Hall–Kier alpha value is -3.15. The fourth-order valence-corrected chi connectivity index (χ4v) is 3.22. The van der Waals surface area contributed by atoms with Crippen LogP contribution in [0.1, 0.15) is 27.9 Å². The van der Waals surface area contributed by atoms with E-state index >= 15 is 0 Å². The van der Waals surface area contributed by atoms with E-state index in [9.17, 15) is 14.4 Å². The van der Waals surface area contributed by atoms with Crippen molar-refractivity contribution in [2.45, 2.75) is 20.3 Å². The molecule has 0 aromatic heterocycles. The summed E-state index contributed by atoms with van der Waals surface area (Å²) in [5.41, 5.74) is 3.27. The third kappa shape index (κ3) is 4.22. The zero-order chi connectivity index (χ0) is 20.3. The number of hydrogen-bond acceptors (Lipinski definition) is 5. The van der Waals surface area contributed by atoms with Crippen LogP contribution in [0.25, 0.3) is 0 Å². The Labute approximate surface area is 164 Å². The molecule has 2 aromatic rings. The molecule has 0 radical (unpaired) electrons. The standard InChI is InChI=1S/C22H23NO5/c1-14-4-5-15(2)19(10-14)23-12-17(11-21(23)25)22(26)28-13-20(24)16-6-8-18(27-3)9-7-16/h4-10,17H,11-13H2,1-3H3/t17-/m1/s1. The van der Waals surface area contributed by atoms with E-state index in [2.05, 4.69) is 0 Å². The molecule has 0 saturated carbocycles. The van der Waals surface area contributed by atoms with Gasteiger partial charge in [-0.2, -0.15) is 0 Å². The molecule has 1 heterocycles. The predicted octanol–water partition coefficient (Wildman–Crippen LogP) is 3.09. The lowest BCUT2D eigenvalue weighted by Gasteiger charge is -2.19. The summed E-state index contributed by atoms with van der Waals surface area (Å²) in [5, 5.41) is 0. The third-order valence-electron chi connectivity index (χ3n) is 4.87. The molecule has 0 unspecified atom stereocenters. The maximum Gasteiger partial charge on any atom is 0.311 e. The molecule has 0 bridgehead atoms. The van der Waals surface area contributed by atoms with Gasteiger partial charge in [-0.25, -0.2) is 0 Å². The maximum atomic E-state index is 12.4. The molecule has 0 N–H and O–H groups in total. The number of rotatable bonds is 6. The summed E-state index contributed by atoms with van der Waals surface area (Å²) in [4.78, 5) is 38.6. The van der Waals surface area contributed by atoms with Crippen LogP contribution in [-0.2, 0) is 14.3 Å². The molecule has 1 saturated heterocycles. The van der Waals surface area contributed by atoms with E-state index in [0.29, 0.717) is 11.3 Å². The van der Waals surface area contributed by atoms with E-state index in [4.69, 9.17) is 9.47 Å². The van der Waals surface area contributed by atoms with Gasteiger partial charge in [-0.05, 0) is 55.3 Å². The van der Waals surface area contributed by atoms with Gasteiger partial charge in [0.1, 0.15) is 5.75 Å². The van der Waals surface area contributed by atoms with Crippen LogP contribution >= 0.6 is 0 Å². The number of Topliss-reactive ketones (excluding diaryl/α,β-unsaturated/α-hetero) is 1. The number of ketones is 1. The molecule has 1 atom stereocenters. The van der Waals surface area contributed by atoms with Crippen LogP contribution in [0.4, 0.5) is 5.69 Å². The van der Waals surface area contributed by atoms with Crippen LogP contribution in [0.3, 0.4) is 0 Å². The van der Waals surface area contributed by atoms with Crippen molar-refractivity contribution in [2.24, 2.45) is 5.92 Å². The van der Waals surface area contributed by atoms with Crippen molar-refractivity contribution in [3.8, 4) is 5.75 Å². The summed E-state index contributed by atoms with van der Waals surface area (Å²) in [6, 6.07) is 12.5. The Bertz CT molecular complexity index is 904. The van der Waals surface area contributed by atoms with Gasteiger partial charge in [0.2, 0.25) is 5.91 Å². The number of aryl methyl sites for hydroxylation is 2. The Morgan fingerprint density at radius 3 is 2.50 bits per heavy atom. The molecule has 1 aliphatic heterocycles. The Morgan fingerprint density at radius 2 is 1.82 bits per heavy atom. The molecule has 0 aliphatic carbocycles. The number of ether oxygens (including phenoxy) is 2. The zero-order valence-electron chi connectivity index (χ0n) is 16.2. The lowest BCUT2D eigenvalue weighted by molar-refractivity contribution is -0.147. The van der Waals surface area contributed by atoms with Crippen LogP contribution in [0, 0.1) is 19.8 Å². The average molecular weight is 381 g/mol. The highest BCUT2D eigenvalue weighted by atomic mass is 16.5. The number of benzene rings is 2. The fraction of sp³-hybridized carbons (Fsp3) is 0.318. The van der Waals surface area contributed by atoms with Crippen molar-refractivity contribution < 1.29 is 23.9 Å². The average Bonchev–Trinajstić information content (AvgIpc) is 3.09. The van der Waals surface area contributed by atoms with E-state index in [-0.39, 0.29) is 31.3 Å². The van der Waals surface area contributed by atoms with E-state index in [1.807, 2.05) is 32.0 Å². The third-order valence-corrected chi connectivity index (χ3v) is 4.87. The maximum absolute atomic E-state index is 12.4. The van der Waals surface area contributed by atoms with Crippen molar-refractivity contribution in [2.75, 3.05) is 25.2 Å². The Balaban J connectivity index is 1.60. The molecule has 2 aromatic carbocycles. The number of hydrogen-bond donors (Lipinski definition) is 0. The topological polar surface area (TPSA) is 72.9 Å². The van der Waals surface area contributed by atoms with E-state index in [0.717, 1.165) is 16.8 Å². The second kappa shape index (κ2) is 8.25. The first-order chi connectivity index (χ1) is 13.4. The second-order valence-corrected chi connectivity index (χ2v) is 6.95. The van der Waals surface area contributed by atoms with Crippen LogP contribution in [0.2, 0.25) is 0 Å². The molecule has 6 heteroatoms. The minimum atomic E-state index is -0.573. The van der Waals surface area contributed by atoms with Crippen molar-refractivity contribution >= 4 is 23.3 Å². The Kier molecular flexibility index (Phi) is 5.78. The van der Waals surface area contributed by atoms with Crippen molar-refractivity contribution in [3.05, 3.63) is 59.2 Å². The number of amides is 1. The molecule has 6 nitrogen and oxygen atoms in total. The summed E-state index contributed by atoms with van der Waals surface area (Å²) in [6.45, 7) is 3.80. The minimum absolute atomic E-state index is 0.0863. The molecule has 28 heavy (non-hydrogen) atoms. The number of nitrogens with zero attached hydrogens (tertiary/aromatic N) is 1. The first kappa shape index (κ1) is 19.6. The highest BCUT2D eigenvalue weighted by Gasteiger charge is 2.36. The quantitative estimate of drug-likeness (QED) is 0.568. The van der Waals surface area contributed by atoms with E-state index in [1.54, 1.807) is 36.3 Å². The summed E-state index contributed by atoms with van der Waals surface area (Å²) in [7, 11) is 1.54. The smallest absolute Gasteiger partial charge is 0.311 e. The normalized spacial score (nSPS) is 16.2. The fourth-order valence-electron chi connectivity index (χ4n) is 3.22. The number of anilines is 1. The highest BCUT2D eigenvalue weighted by molar-refractivity contribution is 6.01. The lowest BCUT2D eigenvalue weighted by atomic mass is 10.1. The molecule has 3 rings (SSSR count). The van der Waals surface area contributed by atoms with Gasteiger partial charge in [0.15, 0.2) is 12.4 Å². The minimum Gasteiger partial charge on any atom is -0.497 e. The molecule has 1 fully saturated rings. The van der Waals surface area contributed by atoms with Crippen LogP contribution < -0.4 is 9.64 Å². The SMILES string of the molecule is COc1ccc(C(=O)COC(=O)[C@@H]2CC(=O)N(c3cc(C)ccc3C)C2)cc1. The number of carbonyl (C=O) groups excluding carboxylic acids is 3. The second-order valence-electron chi connectivity index (χ2n) is 6.95. The number of methoxy groups -OCH3 is 1. The molecule has 1 amide bonds. The van der Waals surface area contributed by atoms with Gasteiger partial charge in [-0.1, -0.05) is 12.1 Å². The number of carbonyl (C=O) groups is 3. The van der Waals surface area contributed by atoms with Crippen LogP contribution in [0.5, 0.6) is 5.75 Å². The molecule has 146 valence electrons. The predicted molar refractivity (Wildman–Crippen MR) is 105 cm³/mol. The summed E-state index contributed by atoms with van der Waals surface area (Å²) in [6.07, 6.45) is 0.0863. The van der Waals surface area contributed by atoms with Gasteiger partial charge in [0.25, 0.3) is 0 Å². The van der Waals surface area contributed by atoms with E-state index in [1.165, 1.54) is 0 Å². The molecule has 0 spiro atoms. The van der Waals surface area contributed by atoms with E-state index < -0.39 is 11.9 Å². The zero-order valence-corrected chi connectivity index (χ0v) is 16.2. The van der Waals surface area contributed by atoms with Gasteiger partial charge in [0, 0.05) is 24.2 Å². The first-order valence-electron chi connectivity index (χ1n) is 9.10. The highest BCUT2D eigenvalue weighted by Crippen LogP contribution is 2.29. The Morgan fingerprint density at radius 1 is 1.11 bits per heavy atom. The van der Waals surface area contributed by atoms with Crippen LogP contribution in [-0.4, -0.2) is 37.9 Å². The first-order valence-corrected chi connectivity index (χ1v) is 9.10. The van der Waals surface area contributed by atoms with Gasteiger partial charge in [0.05, 0.1) is 13.0 Å². The van der Waals surface area contributed by atoms with Crippen LogP contribution in [0.15, 0.2) is 42.5 Å². The summed E-state index contributed by atoms with van der Waals surface area (Å²) in [5.74, 6) is -0.868. The molecular weight excluding hydrogens is 358 g/mol. The molecule has 1 aliphatic rings.